The SMILES string of the molecule is C=CC(=O)Nc1ccc(-c2c(-c3ccc(Oc4ccn(C)n4)cc3)c3c(N)ncc(C#N)c3n2C)cc1. The molecule has 0 atom stereocenters. The molecule has 0 saturated carbocycles. The quantitative estimate of drug-likeness (QED) is 0.323. The Morgan fingerprint density at radius 2 is 1.81 bits per heavy atom. The van der Waals surface area contributed by atoms with Gasteiger partial charge in [-0.05, 0) is 41.5 Å². The molecule has 37 heavy (non-hydrogen) atoms. The third-order valence-electron chi connectivity index (χ3n) is 6.02. The molecule has 5 rings (SSSR count). The summed E-state index contributed by atoms with van der Waals surface area (Å²) in [5.41, 5.74) is 11.6. The van der Waals surface area contributed by atoms with E-state index in [-0.39, 0.29) is 5.91 Å². The molecule has 3 heterocycles. The number of carbonyl (C=O) groups excluding carboxylic acids is 1. The molecule has 5 aromatic rings. The number of benzene rings is 2. The zero-order valence-corrected chi connectivity index (χ0v) is 20.3. The molecule has 9 nitrogen and oxygen atoms in total. The van der Waals surface area contributed by atoms with Gasteiger partial charge in [-0.15, -0.1) is 5.10 Å². The lowest BCUT2D eigenvalue weighted by molar-refractivity contribution is -0.111. The minimum absolute atomic E-state index is 0.288. The zero-order chi connectivity index (χ0) is 26.1. The molecule has 0 radical (unpaired) electrons. The van der Waals surface area contributed by atoms with Gasteiger partial charge >= 0.3 is 0 Å². The van der Waals surface area contributed by atoms with Crippen molar-refractivity contribution in [2.24, 2.45) is 14.1 Å². The fraction of sp³-hybridized carbons (Fsp3) is 0.0714. The number of aryl methyl sites for hydroxylation is 2. The molecule has 0 aliphatic heterocycles. The minimum Gasteiger partial charge on any atom is -0.438 e. The van der Waals surface area contributed by atoms with E-state index in [9.17, 15) is 10.1 Å². The molecule has 0 aliphatic carbocycles. The number of ether oxygens (including phenoxy) is 1. The number of nitrogens with zero attached hydrogens (tertiary/aromatic N) is 5. The molecule has 0 saturated heterocycles. The van der Waals surface area contributed by atoms with Crippen molar-refractivity contribution in [1.82, 2.24) is 19.3 Å². The van der Waals surface area contributed by atoms with Crippen LogP contribution in [0.3, 0.4) is 0 Å². The summed E-state index contributed by atoms with van der Waals surface area (Å²) in [6.07, 6.45) is 4.52. The fourth-order valence-corrected chi connectivity index (χ4v) is 4.37. The topological polar surface area (TPSA) is 124 Å². The lowest BCUT2D eigenvalue weighted by Crippen LogP contribution is -2.06. The van der Waals surface area contributed by atoms with Crippen LogP contribution in [0.2, 0.25) is 0 Å². The molecule has 0 unspecified atom stereocenters. The number of carbonyl (C=O) groups is 1. The Morgan fingerprint density at radius 1 is 1.11 bits per heavy atom. The summed E-state index contributed by atoms with van der Waals surface area (Å²) in [5.74, 6) is 1.17. The minimum atomic E-state index is -0.288. The summed E-state index contributed by atoms with van der Waals surface area (Å²) in [5, 5.41) is 17.5. The summed E-state index contributed by atoms with van der Waals surface area (Å²) in [6, 6.07) is 19.1. The Bertz CT molecular complexity index is 1690. The van der Waals surface area contributed by atoms with Gasteiger partial charge in [-0.3, -0.25) is 9.48 Å². The smallest absolute Gasteiger partial charge is 0.247 e. The number of anilines is 2. The molecular weight excluding hydrogens is 466 g/mol. The Hall–Kier alpha value is -5.36. The first-order valence-corrected chi connectivity index (χ1v) is 11.4. The highest BCUT2D eigenvalue weighted by molar-refractivity contribution is 6.10. The van der Waals surface area contributed by atoms with Gasteiger partial charge in [0, 0.05) is 43.8 Å². The number of fused-ring (bicyclic) bond motifs is 1. The Labute approximate surface area is 213 Å². The van der Waals surface area contributed by atoms with Crippen LogP contribution in [0.15, 0.2) is 79.6 Å². The van der Waals surface area contributed by atoms with Crippen molar-refractivity contribution >= 4 is 28.3 Å². The van der Waals surface area contributed by atoms with Gasteiger partial charge in [0.15, 0.2) is 0 Å². The van der Waals surface area contributed by atoms with Crippen molar-refractivity contribution in [3.8, 4) is 40.1 Å². The van der Waals surface area contributed by atoms with Crippen LogP contribution in [0, 0.1) is 11.3 Å². The van der Waals surface area contributed by atoms with Gasteiger partial charge in [-0.2, -0.15) is 5.26 Å². The molecular formula is C28H23N7O2. The Balaban J connectivity index is 1.66. The number of nitrogen functional groups attached to an aromatic ring is 1. The third kappa shape index (κ3) is 4.28. The molecule has 0 fully saturated rings. The van der Waals surface area contributed by atoms with Crippen molar-refractivity contribution in [3.63, 3.8) is 0 Å². The maximum atomic E-state index is 11.7. The van der Waals surface area contributed by atoms with Crippen LogP contribution < -0.4 is 15.8 Å². The molecule has 3 N–H and O–H groups in total. The van der Waals surface area contributed by atoms with Crippen molar-refractivity contribution < 1.29 is 9.53 Å². The number of amides is 1. The number of hydrogen-bond acceptors (Lipinski definition) is 6. The molecule has 182 valence electrons. The van der Waals surface area contributed by atoms with Crippen LogP contribution in [0.5, 0.6) is 11.6 Å². The summed E-state index contributed by atoms with van der Waals surface area (Å²) in [4.78, 5) is 16.0. The zero-order valence-electron chi connectivity index (χ0n) is 20.3. The number of nitrogens with two attached hydrogens (primary N) is 1. The van der Waals surface area contributed by atoms with Crippen molar-refractivity contribution in [3.05, 3.63) is 85.2 Å². The summed E-state index contributed by atoms with van der Waals surface area (Å²) in [7, 11) is 3.72. The summed E-state index contributed by atoms with van der Waals surface area (Å²) >= 11 is 0. The molecule has 2 aromatic carbocycles. The molecule has 0 aliphatic rings. The Morgan fingerprint density at radius 3 is 2.43 bits per heavy atom. The second-order valence-electron chi connectivity index (χ2n) is 8.40. The highest BCUT2D eigenvalue weighted by atomic mass is 16.5. The van der Waals surface area contributed by atoms with Crippen molar-refractivity contribution in [2.45, 2.75) is 0 Å². The molecule has 1 amide bonds. The van der Waals surface area contributed by atoms with Crippen LogP contribution >= 0.6 is 0 Å². The van der Waals surface area contributed by atoms with Gasteiger partial charge in [-0.25, -0.2) is 4.98 Å². The average Bonchev–Trinajstić information content (AvgIpc) is 3.46. The van der Waals surface area contributed by atoms with E-state index in [0.29, 0.717) is 39.6 Å². The number of nitriles is 1. The van der Waals surface area contributed by atoms with Crippen LogP contribution in [0.4, 0.5) is 11.5 Å². The molecule has 0 spiro atoms. The Kier molecular flexibility index (Phi) is 5.91. The maximum Gasteiger partial charge on any atom is 0.247 e. The first-order chi connectivity index (χ1) is 17.9. The van der Waals surface area contributed by atoms with E-state index in [0.717, 1.165) is 22.4 Å². The van der Waals surface area contributed by atoms with Gasteiger partial charge < -0.3 is 20.4 Å². The van der Waals surface area contributed by atoms with E-state index < -0.39 is 0 Å². The first kappa shape index (κ1) is 23.4. The second kappa shape index (κ2) is 9.36. The van der Waals surface area contributed by atoms with E-state index in [4.69, 9.17) is 10.5 Å². The van der Waals surface area contributed by atoms with Crippen LogP contribution in [-0.2, 0) is 18.9 Å². The van der Waals surface area contributed by atoms with Crippen molar-refractivity contribution in [1.29, 1.82) is 5.26 Å². The number of nitrogens with one attached hydrogen (secondary N) is 1. The van der Waals surface area contributed by atoms with Crippen LogP contribution in [-0.4, -0.2) is 25.2 Å². The van der Waals surface area contributed by atoms with Crippen LogP contribution in [0.1, 0.15) is 5.56 Å². The third-order valence-corrected chi connectivity index (χ3v) is 6.02. The van der Waals surface area contributed by atoms with E-state index in [1.165, 1.54) is 12.3 Å². The highest BCUT2D eigenvalue weighted by Crippen LogP contribution is 2.43. The van der Waals surface area contributed by atoms with E-state index in [1.807, 2.05) is 73.4 Å². The van der Waals surface area contributed by atoms with Gasteiger partial charge in [0.2, 0.25) is 11.8 Å². The largest absolute Gasteiger partial charge is 0.438 e. The standard InChI is InChI=1S/C28H23N7O2/c1-4-22(36)32-20-9-5-18(6-10-20)26-24(25-27(35(26)3)19(15-29)16-31-28(25)30)17-7-11-21(12-8-17)37-23-13-14-34(2)33-23/h4-14,16H,1H2,2-3H3,(H2,30,31)(H,32,36). The molecule has 3 aromatic heterocycles. The van der Waals surface area contributed by atoms with E-state index in [1.54, 1.807) is 10.7 Å². The number of hydrogen-bond donors (Lipinski definition) is 2. The van der Waals surface area contributed by atoms with Gasteiger partial charge in [-0.1, -0.05) is 30.8 Å². The maximum absolute atomic E-state index is 11.7. The first-order valence-electron chi connectivity index (χ1n) is 11.4. The van der Waals surface area contributed by atoms with E-state index in [2.05, 4.69) is 28.0 Å². The van der Waals surface area contributed by atoms with Crippen LogP contribution in [0.25, 0.3) is 33.3 Å². The predicted molar refractivity (Wildman–Crippen MR) is 143 cm³/mol. The number of pyridine rings is 1. The highest BCUT2D eigenvalue weighted by Gasteiger charge is 2.23. The fourth-order valence-electron chi connectivity index (χ4n) is 4.37. The van der Waals surface area contributed by atoms with Gasteiger partial charge in [0.1, 0.15) is 17.6 Å². The lowest BCUT2D eigenvalue weighted by Gasteiger charge is -2.11. The number of aromatic nitrogens is 4. The van der Waals surface area contributed by atoms with E-state index >= 15 is 0 Å². The number of rotatable bonds is 6. The summed E-state index contributed by atoms with van der Waals surface area (Å²) < 4.78 is 9.48. The molecule has 0 bridgehead atoms. The second-order valence-corrected chi connectivity index (χ2v) is 8.40. The predicted octanol–water partition coefficient (Wildman–Crippen LogP) is 5.01. The lowest BCUT2D eigenvalue weighted by atomic mass is 9.98. The van der Waals surface area contributed by atoms with Gasteiger partial charge in [0.05, 0.1) is 22.2 Å². The monoisotopic (exact) mass is 489 g/mol. The van der Waals surface area contributed by atoms with Crippen molar-refractivity contribution in [2.75, 3.05) is 11.1 Å². The summed E-state index contributed by atoms with van der Waals surface area (Å²) in [6.45, 7) is 3.49. The average molecular weight is 490 g/mol. The van der Waals surface area contributed by atoms with Gasteiger partial charge in [0.25, 0.3) is 0 Å². The molecule has 9 heteroatoms. The normalized spacial score (nSPS) is 10.7.